The molecule has 0 radical (unpaired) electrons. The van der Waals surface area contributed by atoms with E-state index in [9.17, 15) is 26.4 Å². The number of halogens is 3. The zero-order valence-corrected chi connectivity index (χ0v) is 14.4. The molecule has 2 aromatic rings. The molecule has 0 atom stereocenters. The smallest absolute Gasteiger partial charge is 0.294 e. The summed E-state index contributed by atoms with van der Waals surface area (Å²) in [5.41, 5.74) is -0.383. The van der Waals surface area contributed by atoms with Crippen LogP contribution in [0.5, 0.6) is 0 Å². The molecule has 0 aromatic heterocycles. The summed E-state index contributed by atoms with van der Waals surface area (Å²) in [7, 11) is -3.96. The highest BCUT2D eigenvalue weighted by atomic mass is 32.2. The molecule has 0 aliphatic rings. The van der Waals surface area contributed by atoms with Crippen LogP contribution in [0.2, 0.25) is 0 Å². The standard InChI is InChI=1S/C17H15F3N2O3S/c1-11-2-4-12(5-3-11)15(23)10-16(17(18,19)20)22-13-6-8-14(9-7-13)26(21,24)25/h2-9H,10H2,1H3,(H2,21,24,25)/b22-16-. The molecule has 0 spiro atoms. The number of nitrogens with two attached hydrogens (primary N) is 1. The molecule has 9 heteroatoms. The van der Waals surface area contributed by atoms with E-state index in [4.69, 9.17) is 5.14 Å². The molecular weight excluding hydrogens is 369 g/mol. The van der Waals surface area contributed by atoms with Gasteiger partial charge in [-0.2, -0.15) is 13.2 Å². The number of carbonyl (C=O) groups is 1. The van der Waals surface area contributed by atoms with Gasteiger partial charge in [0.15, 0.2) is 5.78 Å². The summed E-state index contributed by atoms with van der Waals surface area (Å²) in [6.45, 7) is 1.79. The molecule has 0 heterocycles. The fraction of sp³-hybridized carbons (Fsp3) is 0.176. The van der Waals surface area contributed by atoms with Crippen LogP contribution in [0.1, 0.15) is 22.3 Å². The zero-order valence-electron chi connectivity index (χ0n) is 13.6. The quantitative estimate of drug-likeness (QED) is 0.631. The Morgan fingerprint density at radius 2 is 1.58 bits per heavy atom. The van der Waals surface area contributed by atoms with Crippen LogP contribution in [0, 0.1) is 6.92 Å². The zero-order chi connectivity index (χ0) is 19.5. The number of hydrogen-bond acceptors (Lipinski definition) is 4. The number of alkyl halides is 3. The maximum atomic E-state index is 13.2. The van der Waals surface area contributed by atoms with E-state index >= 15 is 0 Å². The fourth-order valence-electron chi connectivity index (χ4n) is 2.06. The van der Waals surface area contributed by atoms with Crippen LogP contribution in [-0.2, 0) is 10.0 Å². The molecule has 2 N–H and O–H groups in total. The van der Waals surface area contributed by atoms with Crippen LogP contribution >= 0.6 is 0 Å². The summed E-state index contributed by atoms with van der Waals surface area (Å²) in [6.07, 6.45) is -5.73. The van der Waals surface area contributed by atoms with Crippen LogP contribution in [0.25, 0.3) is 0 Å². The van der Waals surface area contributed by atoms with E-state index in [-0.39, 0.29) is 16.1 Å². The Balaban J connectivity index is 2.31. The number of hydrogen-bond donors (Lipinski definition) is 1. The molecule has 26 heavy (non-hydrogen) atoms. The molecule has 0 aliphatic heterocycles. The summed E-state index contributed by atoms with van der Waals surface area (Å²) < 4.78 is 62.0. The van der Waals surface area contributed by atoms with Gasteiger partial charge in [0.2, 0.25) is 10.0 Å². The van der Waals surface area contributed by atoms with Gasteiger partial charge in [-0.3, -0.25) is 4.79 Å². The molecule has 2 aromatic carbocycles. The van der Waals surface area contributed by atoms with Crippen molar-refractivity contribution in [2.75, 3.05) is 0 Å². The first kappa shape index (κ1) is 19.8. The first-order chi connectivity index (χ1) is 12.0. The normalized spacial score (nSPS) is 12.9. The van der Waals surface area contributed by atoms with Gasteiger partial charge in [-0.25, -0.2) is 18.5 Å². The predicted molar refractivity (Wildman–Crippen MR) is 91.1 cm³/mol. The Morgan fingerprint density at radius 3 is 2.04 bits per heavy atom. The number of nitrogens with zero attached hydrogens (tertiary/aromatic N) is 1. The number of Topliss-reactive ketones (excluding diaryl/α,β-unsaturated/α-hetero) is 1. The minimum absolute atomic E-state index is 0.138. The molecule has 0 bridgehead atoms. The third kappa shape index (κ3) is 5.24. The van der Waals surface area contributed by atoms with Gasteiger partial charge in [-0.15, -0.1) is 0 Å². The van der Waals surface area contributed by atoms with Crippen LogP contribution in [0.15, 0.2) is 58.4 Å². The Labute approximate surface area is 148 Å². The lowest BCUT2D eigenvalue weighted by molar-refractivity contribution is -0.0601. The van der Waals surface area contributed by atoms with Gasteiger partial charge in [0, 0.05) is 5.56 Å². The van der Waals surface area contributed by atoms with Crippen LogP contribution in [0.4, 0.5) is 18.9 Å². The highest BCUT2D eigenvalue weighted by Crippen LogP contribution is 2.25. The van der Waals surface area contributed by atoms with Gasteiger partial charge in [0.1, 0.15) is 5.71 Å². The third-order valence-electron chi connectivity index (χ3n) is 3.46. The summed E-state index contributed by atoms with van der Waals surface area (Å²) in [5.74, 6) is -0.720. The number of aryl methyl sites for hydroxylation is 1. The summed E-state index contributed by atoms with van der Waals surface area (Å²) in [6, 6.07) is 10.4. The maximum Gasteiger partial charge on any atom is 0.429 e. The lowest BCUT2D eigenvalue weighted by atomic mass is 10.0. The van der Waals surface area contributed by atoms with E-state index in [0.717, 1.165) is 29.8 Å². The largest absolute Gasteiger partial charge is 0.429 e. The number of primary sulfonamides is 1. The molecule has 0 aliphatic carbocycles. The summed E-state index contributed by atoms with van der Waals surface area (Å²) in [4.78, 5) is 15.3. The minimum atomic E-state index is -4.81. The number of sulfonamides is 1. The molecule has 0 unspecified atom stereocenters. The van der Waals surface area contributed by atoms with E-state index in [1.165, 1.54) is 12.1 Å². The van der Waals surface area contributed by atoms with Gasteiger partial charge in [-0.1, -0.05) is 29.8 Å². The summed E-state index contributed by atoms with van der Waals surface area (Å²) in [5, 5.41) is 4.93. The molecular formula is C17H15F3N2O3S. The Hall–Kier alpha value is -2.52. The SMILES string of the molecule is Cc1ccc(C(=O)C/C(=N/c2ccc(S(N)(=O)=O)cc2)C(F)(F)F)cc1. The monoisotopic (exact) mass is 384 g/mol. The van der Waals surface area contributed by atoms with Gasteiger partial charge < -0.3 is 0 Å². The lowest BCUT2D eigenvalue weighted by Gasteiger charge is -2.10. The van der Waals surface area contributed by atoms with Crippen molar-refractivity contribution in [3.05, 3.63) is 59.7 Å². The van der Waals surface area contributed by atoms with Gasteiger partial charge in [0.05, 0.1) is 17.0 Å². The number of aliphatic imine (C=N–C) groups is 1. The van der Waals surface area contributed by atoms with Crippen LogP contribution in [0.3, 0.4) is 0 Å². The average molecular weight is 384 g/mol. The van der Waals surface area contributed by atoms with Crippen molar-refractivity contribution in [1.82, 2.24) is 0 Å². The minimum Gasteiger partial charge on any atom is -0.294 e. The molecule has 2 rings (SSSR count). The first-order valence-corrected chi connectivity index (χ1v) is 8.89. The number of carbonyl (C=O) groups excluding carboxylic acids is 1. The molecule has 0 saturated heterocycles. The average Bonchev–Trinajstić information content (AvgIpc) is 2.53. The maximum absolute atomic E-state index is 13.2. The van der Waals surface area contributed by atoms with Gasteiger partial charge in [-0.05, 0) is 31.2 Å². The second-order valence-corrected chi connectivity index (χ2v) is 7.12. The van der Waals surface area contributed by atoms with E-state index < -0.39 is 34.1 Å². The summed E-state index contributed by atoms with van der Waals surface area (Å²) >= 11 is 0. The van der Waals surface area contributed by atoms with Crippen molar-refractivity contribution in [3.63, 3.8) is 0 Å². The third-order valence-corrected chi connectivity index (χ3v) is 4.39. The van der Waals surface area contributed by atoms with Crippen molar-refractivity contribution in [2.45, 2.75) is 24.4 Å². The molecule has 0 amide bonds. The highest BCUT2D eigenvalue weighted by molar-refractivity contribution is 7.89. The van der Waals surface area contributed by atoms with Crippen LogP contribution in [-0.4, -0.2) is 26.1 Å². The van der Waals surface area contributed by atoms with E-state index in [1.807, 2.05) is 0 Å². The van der Waals surface area contributed by atoms with Crippen molar-refractivity contribution >= 4 is 27.2 Å². The van der Waals surface area contributed by atoms with Crippen molar-refractivity contribution in [2.24, 2.45) is 10.1 Å². The van der Waals surface area contributed by atoms with Gasteiger partial charge >= 0.3 is 6.18 Å². The molecule has 5 nitrogen and oxygen atoms in total. The second-order valence-electron chi connectivity index (χ2n) is 5.56. The Bertz CT molecular complexity index is 933. The predicted octanol–water partition coefficient (Wildman–Crippen LogP) is 3.55. The lowest BCUT2D eigenvalue weighted by Crippen LogP contribution is -2.25. The van der Waals surface area contributed by atoms with E-state index in [2.05, 4.69) is 4.99 Å². The van der Waals surface area contributed by atoms with Crippen molar-refractivity contribution in [1.29, 1.82) is 0 Å². The molecule has 0 fully saturated rings. The number of rotatable bonds is 5. The highest BCUT2D eigenvalue weighted by Gasteiger charge is 2.37. The Kier molecular flexibility index (Phi) is 5.62. The molecule has 138 valence electrons. The van der Waals surface area contributed by atoms with E-state index in [0.29, 0.717) is 0 Å². The van der Waals surface area contributed by atoms with Crippen molar-refractivity contribution < 1.29 is 26.4 Å². The number of benzene rings is 2. The van der Waals surface area contributed by atoms with Crippen LogP contribution < -0.4 is 5.14 Å². The fourth-order valence-corrected chi connectivity index (χ4v) is 2.58. The second kappa shape index (κ2) is 7.38. The van der Waals surface area contributed by atoms with E-state index in [1.54, 1.807) is 19.1 Å². The molecule has 0 saturated carbocycles. The first-order valence-electron chi connectivity index (χ1n) is 7.34. The topological polar surface area (TPSA) is 89.6 Å². The van der Waals surface area contributed by atoms with Crippen molar-refractivity contribution in [3.8, 4) is 0 Å². The number of ketones is 1. The van der Waals surface area contributed by atoms with Gasteiger partial charge in [0.25, 0.3) is 0 Å². The Morgan fingerprint density at radius 1 is 1.04 bits per heavy atom.